The van der Waals surface area contributed by atoms with Crippen LogP contribution in [0.1, 0.15) is 46.5 Å². The second-order valence-electron chi connectivity index (χ2n) is 6.80. The first-order valence-electron chi connectivity index (χ1n) is 8.52. The standard InChI is InChI=1S/C21H21NO3/c1-14(2)12-18(19(23)13-15-8-4-3-5-9-15)22-20(24)16-10-6-7-11-17(16)21(22)25/h3-11,14,18H,12-13H2,1-2H3/t18-/m0/s1. The predicted octanol–water partition coefficient (Wildman–Crippen LogP) is 3.51. The molecule has 0 radical (unpaired) electrons. The molecule has 0 fully saturated rings. The van der Waals surface area contributed by atoms with Gasteiger partial charge in [-0.3, -0.25) is 19.3 Å². The second-order valence-corrected chi connectivity index (χ2v) is 6.80. The first kappa shape index (κ1) is 17.1. The third-order valence-corrected chi connectivity index (χ3v) is 4.42. The number of imide groups is 1. The molecule has 1 heterocycles. The van der Waals surface area contributed by atoms with E-state index in [2.05, 4.69) is 0 Å². The van der Waals surface area contributed by atoms with Gasteiger partial charge in [0.25, 0.3) is 11.8 Å². The minimum Gasteiger partial charge on any atom is -0.297 e. The highest BCUT2D eigenvalue weighted by atomic mass is 16.2. The van der Waals surface area contributed by atoms with Crippen molar-refractivity contribution in [1.29, 1.82) is 0 Å². The van der Waals surface area contributed by atoms with Crippen molar-refractivity contribution < 1.29 is 14.4 Å². The summed E-state index contributed by atoms with van der Waals surface area (Å²) in [4.78, 5) is 39.6. The third kappa shape index (κ3) is 3.38. The molecule has 2 amide bonds. The van der Waals surface area contributed by atoms with Crippen molar-refractivity contribution in [2.45, 2.75) is 32.7 Å². The van der Waals surface area contributed by atoms with Crippen molar-refractivity contribution in [2.24, 2.45) is 5.92 Å². The Morgan fingerprint density at radius 2 is 1.40 bits per heavy atom. The lowest BCUT2D eigenvalue weighted by Gasteiger charge is -2.26. The van der Waals surface area contributed by atoms with Crippen LogP contribution >= 0.6 is 0 Å². The number of fused-ring (bicyclic) bond motifs is 1. The van der Waals surface area contributed by atoms with E-state index >= 15 is 0 Å². The first-order valence-corrected chi connectivity index (χ1v) is 8.52. The Kier molecular flexibility index (Phi) is 4.79. The quantitative estimate of drug-likeness (QED) is 0.759. The van der Waals surface area contributed by atoms with Crippen LogP contribution in [-0.4, -0.2) is 28.5 Å². The minimum atomic E-state index is -0.729. The number of Topliss-reactive ketones (excluding diaryl/α,β-unsaturated/α-hetero) is 1. The van der Waals surface area contributed by atoms with E-state index < -0.39 is 6.04 Å². The zero-order valence-electron chi connectivity index (χ0n) is 14.4. The molecular weight excluding hydrogens is 314 g/mol. The van der Waals surface area contributed by atoms with E-state index in [1.165, 1.54) is 0 Å². The van der Waals surface area contributed by atoms with Gasteiger partial charge in [-0.15, -0.1) is 0 Å². The van der Waals surface area contributed by atoms with E-state index in [1.54, 1.807) is 24.3 Å². The van der Waals surface area contributed by atoms with E-state index in [-0.39, 0.29) is 29.9 Å². The molecule has 128 valence electrons. The lowest BCUT2D eigenvalue weighted by molar-refractivity contribution is -0.122. The molecule has 2 aromatic rings. The van der Waals surface area contributed by atoms with Gasteiger partial charge < -0.3 is 0 Å². The van der Waals surface area contributed by atoms with Crippen LogP contribution in [0.3, 0.4) is 0 Å². The molecule has 25 heavy (non-hydrogen) atoms. The number of ketones is 1. The number of benzene rings is 2. The van der Waals surface area contributed by atoms with Gasteiger partial charge in [0.1, 0.15) is 0 Å². The van der Waals surface area contributed by atoms with Crippen LogP contribution < -0.4 is 0 Å². The highest BCUT2D eigenvalue weighted by Gasteiger charge is 2.42. The third-order valence-electron chi connectivity index (χ3n) is 4.42. The van der Waals surface area contributed by atoms with E-state index in [1.807, 2.05) is 44.2 Å². The fourth-order valence-electron chi connectivity index (χ4n) is 3.23. The van der Waals surface area contributed by atoms with Gasteiger partial charge in [-0.25, -0.2) is 0 Å². The van der Waals surface area contributed by atoms with Gasteiger partial charge >= 0.3 is 0 Å². The van der Waals surface area contributed by atoms with E-state index in [0.717, 1.165) is 10.5 Å². The molecule has 1 atom stereocenters. The van der Waals surface area contributed by atoms with Crippen LogP contribution in [-0.2, 0) is 11.2 Å². The molecule has 4 nitrogen and oxygen atoms in total. The van der Waals surface area contributed by atoms with Gasteiger partial charge in [-0.1, -0.05) is 56.3 Å². The number of amides is 2. The zero-order valence-corrected chi connectivity index (χ0v) is 14.4. The molecule has 0 spiro atoms. The zero-order chi connectivity index (χ0) is 18.0. The number of rotatable bonds is 6. The molecule has 1 aliphatic rings. The molecule has 0 unspecified atom stereocenters. The van der Waals surface area contributed by atoms with Crippen molar-refractivity contribution in [3.05, 3.63) is 71.3 Å². The summed E-state index contributed by atoms with van der Waals surface area (Å²) in [6.07, 6.45) is 0.683. The highest BCUT2D eigenvalue weighted by Crippen LogP contribution is 2.27. The average molecular weight is 335 g/mol. The maximum atomic E-state index is 12.9. The number of nitrogens with zero attached hydrogens (tertiary/aromatic N) is 1. The summed E-state index contributed by atoms with van der Waals surface area (Å²) < 4.78 is 0. The normalized spacial score (nSPS) is 14.8. The fraction of sp³-hybridized carbons (Fsp3) is 0.286. The van der Waals surface area contributed by atoms with Gasteiger partial charge in [0, 0.05) is 6.42 Å². The Bertz CT molecular complexity index is 776. The molecule has 0 saturated carbocycles. The van der Waals surface area contributed by atoms with Crippen LogP contribution in [0.4, 0.5) is 0 Å². The molecule has 0 aliphatic carbocycles. The summed E-state index contributed by atoms with van der Waals surface area (Å²) in [7, 11) is 0. The summed E-state index contributed by atoms with van der Waals surface area (Å²) in [5.41, 5.74) is 1.65. The van der Waals surface area contributed by atoms with Crippen LogP contribution in [0.25, 0.3) is 0 Å². The molecule has 0 bridgehead atoms. The second kappa shape index (κ2) is 7.01. The van der Waals surface area contributed by atoms with Crippen molar-refractivity contribution in [2.75, 3.05) is 0 Å². The largest absolute Gasteiger partial charge is 0.297 e. The van der Waals surface area contributed by atoms with E-state index in [0.29, 0.717) is 17.5 Å². The fourth-order valence-corrected chi connectivity index (χ4v) is 3.23. The van der Waals surface area contributed by atoms with E-state index in [9.17, 15) is 14.4 Å². The molecule has 0 N–H and O–H groups in total. The van der Waals surface area contributed by atoms with Gasteiger partial charge in [-0.05, 0) is 30.0 Å². The van der Waals surface area contributed by atoms with Gasteiger partial charge in [0.2, 0.25) is 0 Å². The van der Waals surface area contributed by atoms with Gasteiger partial charge in [-0.2, -0.15) is 0 Å². The smallest absolute Gasteiger partial charge is 0.262 e. The van der Waals surface area contributed by atoms with Crippen LogP contribution in [0, 0.1) is 5.92 Å². The maximum absolute atomic E-state index is 12.9. The molecular formula is C21H21NO3. The first-order chi connectivity index (χ1) is 12.0. The highest BCUT2D eigenvalue weighted by molar-refractivity contribution is 6.23. The number of hydrogen-bond donors (Lipinski definition) is 0. The topological polar surface area (TPSA) is 54.5 Å². The Labute approximate surface area is 147 Å². The SMILES string of the molecule is CC(C)C[C@@H](C(=O)Cc1ccccc1)N1C(=O)c2ccccc2C1=O. The van der Waals surface area contributed by atoms with Crippen molar-refractivity contribution in [3.63, 3.8) is 0 Å². The van der Waals surface area contributed by atoms with Crippen LogP contribution in [0.5, 0.6) is 0 Å². The average Bonchev–Trinajstić information content (AvgIpc) is 2.85. The molecule has 2 aromatic carbocycles. The maximum Gasteiger partial charge on any atom is 0.262 e. The Morgan fingerprint density at radius 1 is 0.880 bits per heavy atom. The molecule has 3 rings (SSSR count). The summed E-state index contributed by atoms with van der Waals surface area (Å²) in [6, 6.07) is 15.4. The summed E-state index contributed by atoms with van der Waals surface area (Å²) in [5.74, 6) is -0.649. The van der Waals surface area contributed by atoms with Crippen molar-refractivity contribution in [1.82, 2.24) is 4.90 Å². The molecule has 0 saturated heterocycles. The number of hydrogen-bond acceptors (Lipinski definition) is 3. The van der Waals surface area contributed by atoms with E-state index in [4.69, 9.17) is 0 Å². The monoisotopic (exact) mass is 335 g/mol. The van der Waals surface area contributed by atoms with Gasteiger partial charge in [0.15, 0.2) is 5.78 Å². The van der Waals surface area contributed by atoms with Gasteiger partial charge in [0.05, 0.1) is 17.2 Å². The Balaban J connectivity index is 1.90. The van der Waals surface area contributed by atoms with Crippen molar-refractivity contribution in [3.8, 4) is 0 Å². The predicted molar refractivity (Wildman–Crippen MR) is 95.3 cm³/mol. The summed E-state index contributed by atoms with van der Waals surface area (Å²) in [6.45, 7) is 3.97. The molecule has 1 aliphatic heterocycles. The molecule has 0 aromatic heterocycles. The minimum absolute atomic E-state index is 0.102. The van der Waals surface area contributed by atoms with Crippen LogP contribution in [0.15, 0.2) is 54.6 Å². The Morgan fingerprint density at radius 3 is 1.92 bits per heavy atom. The summed E-state index contributed by atoms with van der Waals surface area (Å²) in [5, 5.41) is 0. The van der Waals surface area contributed by atoms with Crippen molar-refractivity contribution >= 4 is 17.6 Å². The number of carbonyl (C=O) groups is 3. The van der Waals surface area contributed by atoms with Crippen LogP contribution in [0.2, 0.25) is 0 Å². The lowest BCUT2D eigenvalue weighted by atomic mass is 9.95. The Hall–Kier alpha value is -2.75. The molecule has 4 heteroatoms. The lowest BCUT2D eigenvalue weighted by Crippen LogP contribution is -2.46. The summed E-state index contributed by atoms with van der Waals surface area (Å²) >= 11 is 0. The number of carbonyl (C=O) groups excluding carboxylic acids is 3.